The van der Waals surface area contributed by atoms with Gasteiger partial charge in [-0.05, 0) is 12.8 Å². The first-order valence-electron chi connectivity index (χ1n) is 6.98. The molecule has 0 radical (unpaired) electrons. The summed E-state index contributed by atoms with van der Waals surface area (Å²) in [5.41, 5.74) is 0.704. The van der Waals surface area contributed by atoms with E-state index in [2.05, 4.69) is 5.32 Å². The van der Waals surface area contributed by atoms with Crippen LogP contribution >= 0.6 is 0 Å². The van der Waals surface area contributed by atoms with Crippen LogP contribution in [0.2, 0.25) is 0 Å². The van der Waals surface area contributed by atoms with Gasteiger partial charge < -0.3 is 14.8 Å². The molecule has 112 valence electrons. The maximum absolute atomic E-state index is 12.3. The van der Waals surface area contributed by atoms with Crippen LogP contribution in [0.5, 0.6) is 11.5 Å². The highest BCUT2D eigenvalue weighted by Crippen LogP contribution is 2.33. The number of benzene rings is 1. The lowest BCUT2D eigenvalue weighted by molar-refractivity contribution is -0.139. The standard InChI is InChI=1S/C15H18N2O4/c1-20-11-5-9(6-12(7-11)21-2)16-13-8-14(18)17(15(13)19)10-3-4-10/h5-7,10,13,16H,3-4,8H2,1-2H3. The number of nitrogens with zero attached hydrogens (tertiary/aromatic N) is 1. The fraction of sp³-hybridized carbons (Fsp3) is 0.467. The summed E-state index contributed by atoms with van der Waals surface area (Å²) >= 11 is 0. The van der Waals surface area contributed by atoms with Crippen molar-refractivity contribution in [1.29, 1.82) is 0 Å². The highest BCUT2D eigenvalue weighted by Gasteiger charge is 2.46. The van der Waals surface area contributed by atoms with E-state index < -0.39 is 6.04 Å². The van der Waals surface area contributed by atoms with Crippen molar-refractivity contribution < 1.29 is 19.1 Å². The number of anilines is 1. The number of carbonyl (C=O) groups excluding carboxylic acids is 2. The first kappa shape index (κ1) is 13.7. The molecule has 0 spiro atoms. The maximum Gasteiger partial charge on any atom is 0.252 e. The van der Waals surface area contributed by atoms with Crippen molar-refractivity contribution in [2.24, 2.45) is 0 Å². The van der Waals surface area contributed by atoms with Gasteiger partial charge in [-0.1, -0.05) is 0 Å². The molecule has 1 atom stereocenters. The van der Waals surface area contributed by atoms with Crippen molar-refractivity contribution >= 4 is 17.5 Å². The molecule has 1 aliphatic carbocycles. The molecule has 3 rings (SSSR count). The van der Waals surface area contributed by atoms with Gasteiger partial charge in [0.2, 0.25) is 5.91 Å². The third kappa shape index (κ3) is 2.66. The van der Waals surface area contributed by atoms with Crippen LogP contribution in [-0.4, -0.2) is 43.0 Å². The number of amides is 2. The molecule has 0 aromatic heterocycles. The van der Waals surface area contributed by atoms with Gasteiger partial charge in [-0.2, -0.15) is 0 Å². The Labute approximate surface area is 123 Å². The van der Waals surface area contributed by atoms with Crippen molar-refractivity contribution in [1.82, 2.24) is 4.90 Å². The Morgan fingerprint density at radius 2 is 1.71 bits per heavy atom. The lowest BCUT2D eigenvalue weighted by atomic mass is 10.2. The number of hydrogen-bond acceptors (Lipinski definition) is 5. The largest absolute Gasteiger partial charge is 0.497 e. The summed E-state index contributed by atoms with van der Waals surface area (Å²) in [6.45, 7) is 0. The van der Waals surface area contributed by atoms with Crippen LogP contribution in [0.4, 0.5) is 5.69 Å². The average molecular weight is 290 g/mol. The van der Waals surface area contributed by atoms with Gasteiger partial charge in [-0.25, -0.2) is 0 Å². The van der Waals surface area contributed by atoms with Gasteiger partial charge in [-0.15, -0.1) is 0 Å². The van der Waals surface area contributed by atoms with Crippen LogP contribution in [0.1, 0.15) is 19.3 Å². The number of nitrogens with one attached hydrogen (secondary N) is 1. The van der Waals surface area contributed by atoms with E-state index in [1.165, 1.54) is 4.90 Å². The van der Waals surface area contributed by atoms with Gasteiger partial charge in [0, 0.05) is 29.9 Å². The molecule has 2 amide bonds. The van der Waals surface area contributed by atoms with E-state index in [0.29, 0.717) is 17.2 Å². The molecular weight excluding hydrogens is 272 g/mol. The average Bonchev–Trinajstić information content (AvgIpc) is 3.26. The number of rotatable bonds is 5. The summed E-state index contributed by atoms with van der Waals surface area (Å²) in [5.74, 6) is 1.04. The fourth-order valence-corrected chi connectivity index (χ4v) is 2.57. The molecule has 1 aliphatic heterocycles. The smallest absolute Gasteiger partial charge is 0.252 e. The Kier molecular flexibility index (Phi) is 3.45. The fourth-order valence-electron chi connectivity index (χ4n) is 2.57. The van der Waals surface area contributed by atoms with Crippen LogP contribution in [0.25, 0.3) is 0 Å². The molecule has 1 aromatic rings. The van der Waals surface area contributed by atoms with Crippen LogP contribution < -0.4 is 14.8 Å². The highest BCUT2D eigenvalue weighted by atomic mass is 16.5. The Morgan fingerprint density at radius 1 is 1.10 bits per heavy atom. The third-order valence-electron chi connectivity index (χ3n) is 3.79. The second kappa shape index (κ2) is 5.27. The van der Waals surface area contributed by atoms with E-state index in [1.54, 1.807) is 32.4 Å². The van der Waals surface area contributed by atoms with Gasteiger partial charge in [-0.3, -0.25) is 14.5 Å². The van der Waals surface area contributed by atoms with E-state index in [1.807, 2.05) is 0 Å². The lowest BCUT2D eigenvalue weighted by Crippen LogP contribution is -2.36. The van der Waals surface area contributed by atoms with Crippen LogP contribution in [0.3, 0.4) is 0 Å². The van der Waals surface area contributed by atoms with Gasteiger partial charge in [0.05, 0.1) is 20.6 Å². The van der Waals surface area contributed by atoms with Crippen LogP contribution in [0, 0.1) is 0 Å². The minimum absolute atomic E-state index is 0.0881. The molecule has 1 saturated heterocycles. The van der Waals surface area contributed by atoms with Gasteiger partial charge in [0.1, 0.15) is 17.5 Å². The second-order valence-electron chi connectivity index (χ2n) is 5.34. The minimum atomic E-state index is -0.505. The number of carbonyl (C=O) groups is 2. The summed E-state index contributed by atoms with van der Waals surface area (Å²) in [7, 11) is 3.13. The lowest BCUT2D eigenvalue weighted by Gasteiger charge is -2.16. The molecule has 21 heavy (non-hydrogen) atoms. The molecule has 1 saturated carbocycles. The van der Waals surface area contributed by atoms with Crippen molar-refractivity contribution in [2.45, 2.75) is 31.3 Å². The highest BCUT2D eigenvalue weighted by molar-refractivity contribution is 6.07. The molecule has 1 N–H and O–H groups in total. The van der Waals surface area contributed by atoms with E-state index in [4.69, 9.17) is 9.47 Å². The quantitative estimate of drug-likeness (QED) is 0.830. The predicted octanol–water partition coefficient (Wildman–Crippen LogP) is 1.41. The van der Waals surface area contributed by atoms with E-state index in [-0.39, 0.29) is 24.3 Å². The molecule has 2 fully saturated rings. The summed E-state index contributed by atoms with van der Waals surface area (Å²) in [6.07, 6.45) is 2.06. The summed E-state index contributed by atoms with van der Waals surface area (Å²) in [5, 5.41) is 3.11. The Hall–Kier alpha value is -2.24. The zero-order chi connectivity index (χ0) is 15.0. The van der Waals surface area contributed by atoms with Crippen molar-refractivity contribution in [3.05, 3.63) is 18.2 Å². The monoisotopic (exact) mass is 290 g/mol. The Balaban J connectivity index is 1.77. The molecule has 1 unspecified atom stereocenters. The molecule has 1 heterocycles. The number of hydrogen-bond donors (Lipinski definition) is 1. The second-order valence-corrected chi connectivity index (χ2v) is 5.34. The van der Waals surface area contributed by atoms with Crippen LogP contribution in [-0.2, 0) is 9.59 Å². The number of likely N-dealkylation sites (tertiary alicyclic amines) is 1. The van der Waals surface area contributed by atoms with Gasteiger partial charge in [0.25, 0.3) is 5.91 Å². The SMILES string of the molecule is COc1cc(NC2CC(=O)N(C3CC3)C2=O)cc(OC)c1. The van der Waals surface area contributed by atoms with E-state index in [9.17, 15) is 9.59 Å². The van der Waals surface area contributed by atoms with E-state index in [0.717, 1.165) is 12.8 Å². The summed E-state index contributed by atoms with van der Waals surface area (Å²) in [6, 6.07) is 4.93. The minimum Gasteiger partial charge on any atom is -0.497 e. The van der Waals surface area contributed by atoms with E-state index >= 15 is 0 Å². The molecule has 6 heteroatoms. The maximum atomic E-state index is 12.3. The topological polar surface area (TPSA) is 67.9 Å². The molecule has 1 aromatic carbocycles. The molecule has 2 aliphatic rings. The first-order chi connectivity index (χ1) is 10.1. The molecule has 0 bridgehead atoms. The number of methoxy groups -OCH3 is 2. The van der Waals surface area contributed by atoms with Crippen molar-refractivity contribution in [3.8, 4) is 11.5 Å². The predicted molar refractivity (Wildman–Crippen MR) is 76.4 cm³/mol. The van der Waals surface area contributed by atoms with Crippen molar-refractivity contribution in [3.63, 3.8) is 0 Å². The first-order valence-corrected chi connectivity index (χ1v) is 6.98. The van der Waals surface area contributed by atoms with Crippen molar-refractivity contribution in [2.75, 3.05) is 19.5 Å². The molecule has 6 nitrogen and oxygen atoms in total. The summed E-state index contributed by atoms with van der Waals surface area (Å²) in [4.78, 5) is 25.6. The summed E-state index contributed by atoms with van der Waals surface area (Å²) < 4.78 is 10.4. The zero-order valence-electron chi connectivity index (χ0n) is 12.1. The van der Waals surface area contributed by atoms with Gasteiger partial charge >= 0.3 is 0 Å². The molecular formula is C15H18N2O4. The number of imide groups is 1. The third-order valence-corrected chi connectivity index (χ3v) is 3.79. The number of ether oxygens (including phenoxy) is 2. The van der Waals surface area contributed by atoms with Crippen LogP contribution in [0.15, 0.2) is 18.2 Å². The Bertz CT molecular complexity index is 561. The zero-order valence-corrected chi connectivity index (χ0v) is 12.1. The van der Waals surface area contributed by atoms with Gasteiger partial charge in [0.15, 0.2) is 0 Å². The Morgan fingerprint density at radius 3 is 2.24 bits per heavy atom. The normalized spacial score (nSPS) is 21.6.